The highest BCUT2D eigenvalue weighted by atomic mass is 35.5. The monoisotopic (exact) mass is 523 g/mol. The first-order valence-corrected chi connectivity index (χ1v) is 13.4. The van der Waals surface area contributed by atoms with E-state index < -0.39 is 28.5 Å². The maximum Gasteiger partial charge on any atom is 0.244 e. The number of halogens is 1. The van der Waals surface area contributed by atoms with Crippen LogP contribution in [0.1, 0.15) is 26.3 Å². The number of sulfonamides is 1. The summed E-state index contributed by atoms with van der Waals surface area (Å²) in [5, 5.41) is 3.38. The molecule has 0 aromatic heterocycles. The number of nitrogens with one attached hydrogen (secondary N) is 1. The molecule has 1 atom stereocenters. The van der Waals surface area contributed by atoms with Crippen LogP contribution in [-0.2, 0) is 26.2 Å². The molecule has 0 unspecified atom stereocenters. The lowest BCUT2D eigenvalue weighted by Crippen LogP contribution is -2.51. The van der Waals surface area contributed by atoms with Crippen LogP contribution in [0.15, 0.2) is 42.5 Å². The predicted octanol–water partition coefficient (Wildman–Crippen LogP) is 3.02. The smallest absolute Gasteiger partial charge is 0.244 e. The molecule has 3 rings (SSSR count). The number of benzene rings is 2. The first kappa shape index (κ1) is 26.6. The molecule has 1 aliphatic heterocycles. The van der Waals surface area contributed by atoms with Crippen molar-refractivity contribution in [3.63, 3.8) is 0 Å². The van der Waals surface area contributed by atoms with Crippen molar-refractivity contribution < 1.29 is 27.5 Å². The van der Waals surface area contributed by atoms with Gasteiger partial charge < -0.3 is 19.7 Å². The summed E-state index contributed by atoms with van der Waals surface area (Å²) in [6.45, 7) is 5.66. The third-order valence-corrected chi connectivity index (χ3v) is 6.83. The average molecular weight is 524 g/mol. The summed E-state index contributed by atoms with van der Waals surface area (Å²) < 4.78 is 37.0. The molecule has 11 heteroatoms. The molecule has 1 aliphatic rings. The molecule has 0 aliphatic carbocycles. The largest absolute Gasteiger partial charge is 0.454 e. The Morgan fingerprint density at radius 3 is 2.34 bits per heavy atom. The number of anilines is 1. The van der Waals surface area contributed by atoms with E-state index in [1.165, 1.54) is 11.0 Å². The molecule has 0 bridgehead atoms. The molecule has 1 heterocycles. The molecular weight excluding hydrogens is 494 g/mol. The fourth-order valence-corrected chi connectivity index (χ4v) is 4.44. The summed E-state index contributed by atoms with van der Waals surface area (Å²) in [7, 11) is -3.84. The molecule has 0 radical (unpaired) electrons. The maximum absolute atomic E-state index is 13.5. The first-order valence-electron chi connectivity index (χ1n) is 11.1. The summed E-state index contributed by atoms with van der Waals surface area (Å²) in [5.74, 6) is 0.264. The van der Waals surface area contributed by atoms with Gasteiger partial charge in [-0.05, 0) is 42.7 Å². The quantitative estimate of drug-likeness (QED) is 0.513. The third kappa shape index (κ3) is 7.02. The number of carbonyl (C=O) groups is 2. The zero-order chi connectivity index (χ0) is 25.8. The molecule has 9 nitrogen and oxygen atoms in total. The van der Waals surface area contributed by atoms with Gasteiger partial charge in [-0.15, -0.1) is 0 Å². The van der Waals surface area contributed by atoms with Gasteiger partial charge in [-0.3, -0.25) is 13.9 Å². The number of hydrogen-bond acceptors (Lipinski definition) is 6. The van der Waals surface area contributed by atoms with Crippen LogP contribution >= 0.6 is 11.6 Å². The minimum atomic E-state index is -3.84. The lowest BCUT2D eigenvalue weighted by Gasteiger charge is -2.31. The summed E-state index contributed by atoms with van der Waals surface area (Å²) in [4.78, 5) is 27.7. The predicted molar refractivity (Wildman–Crippen MR) is 134 cm³/mol. The molecule has 2 aromatic carbocycles. The highest BCUT2D eigenvalue weighted by Crippen LogP contribution is 2.36. The van der Waals surface area contributed by atoms with Crippen LogP contribution in [0.4, 0.5) is 5.69 Å². The van der Waals surface area contributed by atoms with E-state index >= 15 is 0 Å². The number of nitrogens with zero attached hydrogens (tertiary/aromatic N) is 2. The Labute approximate surface area is 211 Å². The van der Waals surface area contributed by atoms with Crippen molar-refractivity contribution in [2.45, 2.75) is 33.4 Å². The highest BCUT2D eigenvalue weighted by Gasteiger charge is 2.30. The Hall–Kier alpha value is -2.98. The first-order chi connectivity index (χ1) is 16.5. The van der Waals surface area contributed by atoms with Crippen LogP contribution in [0.5, 0.6) is 11.5 Å². The Bertz CT molecular complexity index is 1170. The van der Waals surface area contributed by atoms with Crippen LogP contribution in [0.25, 0.3) is 0 Å². The summed E-state index contributed by atoms with van der Waals surface area (Å²) in [5.41, 5.74) is 1.01. The zero-order valence-electron chi connectivity index (χ0n) is 20.2. The van der Waals surface area contributed by atoms with Crippen molar-refractivity contribution >= 4 is 39.1 Å². The standard InChI is InChI=1S/C24H30ClN3O6S/c1-16(2)12-26-24(30)17(3)27(13-18-5-7-19(25)8-6-18)23(29)14-28(35(4,31)32)20-9-10-21-22(11-20)34-15-33-21/h5-11,16-17H,12-15H2,1-4H3,(H,26,30)/t17-/m1/s1. The van der Waals surface area contributed by atoms with E-state index in [0.29, 0.717) is 23.1 Å². The van der Waals surface area contributed by atoms with Gasteiger partial charge >= 0.3 is 0 Å². The number of fused-ring (bicyclic) bond motifs is 1. The summed E-state index contributed by atoms with van der Waals surface area (Å²) in [6.07, 6.45) is 1.02. The molecule has 190 valence electrons. The minimum absolute atomic E-state index is 0.0362. The third-order valence-electron chi connectivity index (χ3n) is 5.44. The molecule has 2 amide bonds. The van der Waals surface area contributed by atoms with Gasteiger partial charge in [0.2, 0.25) is 28.6 Å². The van der Waals surface area contributed by atoms with Crippen molar-refractivity contribution in [3.8, 4) is 11.5 Å². The number of amides is 2. The van der Waals surface area contributed by atoms with Crippen LogP contribution in [0, 0.1) is 5.92 Å². The molecular formula is C24H30ClN3O6S. The van der Waals surface area contributed by atoms with Gasteiger partial charge in [-0.1, -0.05) is 37.6 Å². The molecule has 0 saturated heterocycles. The maximum atomic E-state index is 13.5. The Kier molecular flexibility index (Phi) is 8.50. The highest BCUT2D eigenvalue weighted by molar-refractivity contribution is 7.92. The Morgan fingerprint density at radius 1 is 1.06 bits per heavy atom. The van der Waals surface area contributed by atoms with E-state index in [2.05, 4.69) is 5.32 Å². The van der Waals surface area contributed by atoms with Crippen LogP contribution in [0.2, 0.25) is 5.02 Å². The fourth-order valence-electron chi connectivity index (χ4n) is 3.48. The molecule has 0 fully saturated rings. The van der Waals surface area contributed by atoms with Crippen molar-refractivity contribution in [1.29, 1.82) is 0 Å². The van der Waals surface area contributed by atoms with Gasteiger partial charge in [0, 0.05) is 24.2 Å². The molecule has 0 spiro atoms. The zero-order valence-corrected chi connectivity index (χ0v) is 21.7. The van der Waals surface area contributed by atoms with E-state index in [9.17, 15) is 18.0 Å². The summed E-state index contributed by atoms with van der Waals surface area (Å²) in [6, 6.07) is 10.7. The topological polar surface area (TPSA) is 105 Å². The second-order valence-corrected chi connectivity index (χ2v) is 11.1. The van der Waals surface area contributed by atoms with Gasteiger partial charge in [0.15, 0.2) is 11.5 Å². The Morgan fingerprint density at radius 2 is 1.71 bits per heavy atom. The Balaban J connectivity index is 1.88. The second-order valence-electron chi connectivity index (χ2n) is 8.77. The number of ether oxygens (including phenoxy) is 2. The number of rotatable bonds is 10. The van der Waals surface area contributed by atoms with Crippen molar-refractivity contribution in [2.75, 3.05) is 30.4 Å². The molecule has 0 saturated carbocycles. The molecule has 1 N–H and O–H groups in total. The molecule has 2 aromatic rings. The molecule has 35 heavy (non-hydrogen) atoms. The van der Waals surface area contributed by atoms with Gasteiger partial charge in [-0.25, -0.2) is 8.42 Å². The van der Waals surface area contributed by atoms with Crippen LogP contribution in [0.3, 0.4) is 0 Å². The number of carbonyl (C=O) groups excluding carboxylic acids is 2. The van der Waals surface area contributed by atoms with E-state index in [0.717, 1.165) is 16.1 Å². The fraction of sp³-hybridized carbons (Fsp3) is 0.417. The lowest BCUT2D eigenvalue weighted by atomic mass is 10.1. The lowest BCUT2D eigenvalue weighted by molar-refractivity contribution is -0.139. The minimum Gasteiger partial charge on any atom is -0.454 e. The van der Waals surface area contributed by atoms with E-state index in [1.807, 2.05) is 13.8 Å². The van der Waals surface area contributed by atoms with Crippen molar-refractivity contribution in [3.05, 3.63) is 53.1 Å². The van der Waals surface area contributed by atoms with E-state index in [-0.39, 0.29) is 30.9 Å². The average Bonchev–Trinajstić information content (AvgIpc) is 3.27. The van der Waals surface area contributed by atoms with Crippen molar-refractivity contribution in [1.82, 2.24) is 10.2 Å². The summed E-state index contributed by atoms with van der Waals surface area (Å²) >= 11 is 5.98. The van der Waals surface area contributed by atoms with Gasteiger partial charge in [0.1, 0.15) is 12.6 Å². The van der Waals surface area contributed by atoms with Crippen molar-refractivity contribution in [2.24, 2.45) is 5.92 Å². The SMILES string of the molecule is CC(C)CNC(=O)[C@@H](C)N(Cc1ccc(Cl)cc1)C(=O)CN(c1ccc2c(c1)OCO2)S(C)(=O)=O. The van der Waals surface area contributed by atoms with Crippen LogP contribution in [-0.4, -0.2) is 57.3 Å². The normalized spacial score (nSPS) is 13.4. The number of hydrogen-bond donors (Lipinski definition) is 1. The van der Waals surface area contributed by atoms with E-state index in [1.54, 1.807) is 43.3 Å². The van der Waals surface area contributed by atoms with Gasteiger partial charge in [-0.2, -0.15) is 0 Å². The van der Waals surface area contributed by atoms with Crippen LogP contribution < -0.4 is 19.1 Å². The van der Waals surface area contributed by atoms with Gasteiger partial charge in [0.05, 0.1) is 11.9 Å². The van der Waals surface area contributed by atoms with Gasteiger partial charge in [0.25, 0.3) is 0 Å². The van der Waals surface area contributed by atoms with E-state index in [4.69, 9.17) is 21.1 Å². The second kappa shape index (κ2) is 11.2.